The first-order valence-electron chi connectivity index (χ1n) is 15.1. The summed E-state index contributed by atoms with van der Waals surface area (Å²) in [7, 11) is 0. The molecule has 2 fully saturated rings. The Hall–Kier alpha value is -2.78. The minimum absolute atomic E-state index is 0.0800. The lowest BCUT2D eigenvalue weighted by atomic mass is 9.97. The molecule has 0 saturated carbocycles. The Kier molecular flexibility index (Phi) is 15.9. The van der Waals surface area contributed by atoms with Gasteiger partial charge < -0.3 is 50.7 Å². The van der Waals surface area contributed by atoms with E-state index in [0.29, 0.717) is 22.1 Å². The molecular weight excluding hydrogens is 616 g/mol. The number of hydroxylamine groups is 4. The van der Waals surface area contributed by atoms with E-state index in [-0.39, 0.29) is 58.4 Å². The number of rotatable bonds is 18. The summed E-state index contributed by atoms with van der Waals surface area (Å²) in [6.45, 7) is 1.67. The highest BCUT2D eigenvalue weighted by atomic mass is 16.7. The van der Waals surface area contributed by atoms with Gasteiger partial charge in [-0.3, -0.25) is 29.6 Å². The molecule has 0 aromatic heterocycles. The maximum absolute atomic E-state index is 12.5. The van der Waals surface area contributed by atoms with Crippen LogP contribution in [0.25, 0.3) is 0 Å². The molecule has 8 atom stereocenters. The lowest BCUT2D eigenvalue weighted by Crippen LogP contribution is -2.61. The molecule has 2 rings (SSSR count). The van der Waals surface area contributed by atoms with Gasteiger partial charge in [0.15, 0.2) is 6.29 Å². The number of ether oxygens (including phenoxy) is 2. The molecule has 0 radical (unpaired) electrons. The van der Waals surface area contributed by atoms with Crippen molar-refractivity contribution in [3.8, 4) is 0 Å². The highest BCUT2D eigenvalue weighted by molar-refractivity contribution is 5.96. The van der Waals surface area contributed by atoms with Crippen LogP contribution in [0.3, 0.4) is 0 Å². The van der Waals surface area contributed by atoms with Gasteiger partial charge in [0.2, 0.25) is 17.7 Å². The first-order valence-corrected chi connectivity index (χ1v) is 15.1. The predicted octanol–water partition coefficient (Wildman–Crippen LogP) is -3.36. The maximum atomic E-state index is 12.5. The summed E-state index contributed by atoms with van der Waals surface area (Å²) in [6.07, 6.45) is -5.96. The molecule has 2 aliphatic heterocycles. The Morgan fingerprint density at radius 3 is 2.07 bits per heavy atom. The molecule has 0 aromatic rings. The summed E-state index contributed by atoms with van der Waals surface area (Å²) in [6, 6.07) is -1.78. The third kappa shape index (κ3) is 12.1. The number of nitrogens with zero attached hydrogens (tertiary/aromatic N) is 2. The Bertz CT molecular complexity index is 1060. The number of piperazine rings is 1. The number of carbonyl (C=O) groups is 4. The number of hydrogen-bond acceptors (Lipinski definition) is 14. The average Bonchev–Trinajstić information content (AvgIpc) is 2.98. The van der Waals surface area contributed by atoms with Crippen LogP contribution in [-0.4, -0.2) is 156 Å². The standard InChI is InChI=1S/C28H48N4O14/c1-16(7-11-33)13-20(35)31(43)9-3-5-17-25(40)30-18(26(41)29-17)6-4-10-32(44)21(36)14-28(2,42)8-12-45-27-24(39)23(38)22(37)19(15-34)46-27/h13,17-19,22-24,27,33-34,37-39,42-44H,3-12,14-15H2,1-2H3,(H,29,41)(H,30,40)/b16-13+/t17-,18-,19?,22?,23?,24?,27?,28-/m0/s1. The molecular formula is C28H48N4O14. The molecule has 2 aliphatic rings. The number of amides is 4. The summed E-state index contributed by atoms with van der Waals surface area (Å²) in [4.78, 5) is 49.4. The Morgan fingerprint density at radius 2 is 1.52 bits per heavy atom. The minimum Gasteiger partial charge on any atom is -0.396 e. The van der Waals surface area contributed by atoms with Crippen LogP contribution in [-0.2, 0) is 28.7 Å². The van der Waals surface area contributed by atoms with Crippen LogP contribution in [0, 0.1) is 0 Å². The molecule has 46 heavy (non-hydrogen) atoms. The van der Waals surface area contributed by atoms with E-state index in [9.17, 15) is 55.1 Å². The van der Waals surface area contributed by atoms with Crippen molar-refractivity contribution < 1.29 is 69.7 Å². The number of carbonyl (C=O) groups excluding carboxylic acids is 4. The third-order valence-corrected chi connectivity index (χ3v) is 7.71. The van der Waals surface area contributed by atoms with E-state index in [4.69, 9.17) is 14.6 Å². The lowest BCUT2D eigenvalue weighted by Gasteiger charge is -2.39. The van der Waals surface area contributed by atoms with Gasteiger partial charge in [-0.25, -0.2) is 10.1 Å². The molecule has 2 heterocycles. The lowest BCUT2D eigenvalue weighted by molar-refractivity contribution is -0.302. The Labute approximate surface area is 266 Å². The van der Waals surface area contributed by atoms with Crippen molar-refractivity contribution in [1.82, 2.24) is 20.8 Å². The van der Waals surface area contributed by atoms with Crippen molar-refractivity contribution in [2.75, 3.05) is 32.9 Å². The quantitative estimate of drug-likeness (QED) is 0.0389. The van der Waals surface area contributed by atoms with Gasteiger partial charge in [0.05, 0.1) is 25.2 Å². The summed E-state index contributed by atoms with van der Waals surface area (Å²) >= 11 is 0. The second-order valence-corrected chi connectivity index (χ2v) is 11.8. The van der Waals surface area contributed by atoms with Crippen LogP contribution < -0.4 is 10.6 Å². The molecule has 0 spiro atoms. The van der Waals surface area contributed by atoms with Crippen molar-refractivity contribution in [3.05, 3.63) is 11.6 Å². The van der Waals surface area contributed by atoms with Crippen molar-refractivity contribution in [3.63, 3.8) is 0 Å². The smallest absolute Gasteiger partial charge is 0.269 e. The molecule has 0 aliphatic carbocycles. The Balaban J connectivity index is 1.69. The molecule has 10 N–H and O–H groups in total. The van der Waals surface area contributed by atoms with Gasteiger partial charge in [-0.1, -0.05) is 5.57 Å². The van der Waals surface area contributed by atoms with E-state index >= 15 is 0 Å². The van der Waals surface area contributed by atoms with Gasteiger partial charge in [0.1, 0.15) is 36.5 Å². The van der Waals surface area contributed by atoms with Crippen molar-refractivity contribution in [1.29, 1.82) is 0 Å². The average molecular weight is 665 g/mol. The molecule has 4 amide bonds. The summed E-state index contributed by atoms with van der Waals surface area (Å²) < 4.78 is 10.5. The topological polar surface area (TPSA) is 279 Å². The number of aliphatic hydroxyl groups is 6. The van der Waals surface area contributed by atoms with E-state index in [2.05, 4.69) is 10.6 Å². The van der Waals surface area contributed by atoms with Crippen LogP contribution in [0.2, 0.25) is 0 Å². The highest BCUT2D eigenvalue weighted by Gasteiger charge is 2.44. The second-order valence-electron chi connectivity index (χ2n) is 11.8. The van der Waals surface area contributed by atoms with Crippen LogP contribution in [0.1, 0.15) is 58.8 Å². The molecule has 18 heteroatoms. The van der Waals surface area contributed by atoms with Gasteiger partial charge >= 0.3 is 0 Å². The summed E-state index contributed by atoms with van der Waals surface area (Å²) in [5.41, 5.74) is -1.07. The highest BCUT2D eigenvalue weighted by Crippen LogP contribution is 2.23. The number of hydrogen-bond donors (Lipinski definition) is 10. The van der Waals surface area contributed by atoms with Crippen molar-refractivity contribution in [2.24, 2.45) is 0 Å². The normalized spacial score (nSPS) is 28.2. The minimum atomic E-state index is -1.66. The van der Waals surface area contributed by atoms with Crippen LogP contribution in [0.5, 0.6) is 0 Å². The first-order chi connectivity index (χ1) is 21.6. The van der Waals surface area contributed by atoms with E-state index in [1.54, 1.807) is 6.92 Å². The van der Waals surface area contributed by atoms with Gasteiger partial charge in [-0.15, -0.1) is 0 Å². The van der Waals surface area contributed by atoms with Gasteiger partial charge in [-0.05, 0) is 52.4 Å². The molecule has 2 saturated heterocycles. The molecule has 264 valence electrons. The summed E-state index contributed by atoms with van der Waals surface area (Å²) in [5.74, 6) is -2.42. The van der Waals surface area contributed by atoms with E-state index in [1.807, 2.05) is 0 Å². The van der Waals surface area contributed by atoms with E-state index in [1.165, 1.54) is 13.0 Å². The number of aliphatic hydroxyl groups excluding tert-OH is 5. The van der Waals surface area contributed by atoms with E-state index < -0.39 is 85.0 Å². The predicted molar refractivity (Wildman–Crippen MR) is 154 cm³/mol. The number of nitrogens with one attached hydrogen (secondary N) is 2. The van der Waals surface area contributed by atoms with Gasteiger partial charge in [0, 0.05) is 25.8 Å². The first kappa shape index (κ1) is 39.4. The molecule has 5 unspecified atom stereocenters. The molecule has 0 aromatic carbocycles. The van der Waals surface area contributed by atoms with E-state index in [0.717, 1.165) is 0 Å². The third-order valence-electron chi connectivity index (χ3n) is 7.71. The van der Waals surface area contributed by atoms with Gasteiger partial charge in [-0.2, -0.15) is 0 Å². The fourth-order valence-corrected chi connectivity index (χ4v) is 4.85. The van der Waals surface area contributed by atoms with Crippen LogP contribution in [0.15, 0.2) is 11.6 Å². The zero-order valence-electron chi connectivity index (χ0n) is 26.0. The second kappa shape index (κ2) is 18.5. The van der Waals surface area contributed by atoms with Crippen molar-refractivity contribution in [2.45, 2.75) is 107 Å². The van der Waals surface area contributed by atoms with Crippen LogP contribution >= 0.6 is 0 Å². The SMILES string of the molecule is C/C(=C\C(=O)N(O)CCC[C@@H]1NC(=O)[C@H](CCCN(O)C(=O)C[C@@](C)(O)CCOC2OC(CO)C(O)C(O)C2O)NC1=O)CCO. The monoisotopic (exact) mass is 664 g/mol. The zero-order valence-corrected chi connectivity index (χ0v) is 26.0. The fraction of sp³-hybridized carbons (Fsp3) is 0.786. The summed E-state index contributed by atoms with van der Waals surface area (Å²) in [5, 5.41) is 84.5. The fourth-order valence-electron chi connectivity index (χ4n) is 4.85. The maximum Gasteiger partial charge on any atom is 0.269 e. The van der Waals surface area contributed by atoms with Crippen molar-refractivity contribution >= 4 is 23.6 Å². The van der Waals surface area contributed by atoms with Gasteiger partial charge in [0.25, 0.3) is 5.91 Å². The zero-order chi connectivity index (χ0) is 34.6. The largest absolute Gasteiger partial charge is 0.396 e. The Morgan fingerprint density at radius 1 is 0.957 bits per heavy atom. The molecule has 18 nitrogen and oxygen atoms in total. The van der Waals surface area contributed by atoms with Crippen LogP contribution in [0.4, 0.5) is 0 Å². The molecule has 0 bridgehead atoms.